The minimum atomic E-state index is -3.22. The Morgan fingerprint density at radius 3 is 2.68 bits per heavy atom. The zero-order valence-corrected chi connectivity index (χ0v) is 14.0. The van der Waals surface area contributed by atoms with Gasteiger partial charge in [0.2, 0.25) is 0 Å². The van der Waals surface area contributed by atoms with Gasteiger partial charge < -0.3 is 5.32 Å². The van der Waals surface area contributed by atoms with Gasteiger partial charge in [0.15, 0.2) is 9.84 Å². The van der Waals surface area contributed by atoms with Gasteiger partial charge in [-0.15, -0.1) is 11.3 Å². The molecule has 0 amide bonds. The number of nitrogens with one attached hydrogen (secondary N) is 1. The molecule has 102 valence electrons. The van der Waals surface area contributed by atoms with Crippen molar-refractivity contribution >= 4 is 54.4 Å². The van der Waals surface area contributed by atoms with Gasteiger partial charge in [-0.1, -0.05) is 11.6 Å². The number of halogens is 2. The fraction of sp³-hybridized carbons (Fsp3) is 0.167. The fourth-order valence-corrected chi connectivity index (χ4v) is 3.55. The van der Waals surface area contributed by atoms with Crippen LogP contribution in [0.5, 0.6) is 0 Å². The van der Waals surface area contributed by atoms with Crippen LogP contribution in [0, 0.1) is 0 Å². The van der Waals surface area contributed by atoms with Crippen molar-refractivity contribution in [3.05, 3.63) is 44.0 Å². The molecule has 1 N–H and O–H groups in total. The number of benzene rings is 1. The lowest BCUT2D eigenvalue weighted by molar-refractivity contribution is 0.602. The minimum absolute atomic E-state index is 0.255. The summed E-state index contributed by atoms with van der Waals surface area (Å²) in [4.78, 5) is 0.255. The normalized spacial score (nSPS) is 11.5. The molecule has 0 aliphatic heterocycles. The number of hydrogen-bond acceptors (Lipinski definition) is 4. The van der Waals surface area contributed by atoms with E-state index in [1.807, 2.05) is 11.4 Å². The van der Waals surface area contributed by atoms with Crippen molar-refractivity contribution < 1.29 is 8.42 Å². The summed E-state index contributed by atoms with van der Waals surface area (Å²) in [5, 5.41) is 5.67. The molecular weight excluding hydrogens is 370 g/mol. The Balaban J connectivity index is 2.20. The smallest absolute Gasteiger partial charge is 0.175 e. The third kappa shape index (κ3) is 3.95. The van der Waals surface area contributed by atoms with Crippen molar-refractivity contribution in [2.45, 2.75) is 11.4 Å². The van der Waals surface area contributed by atoms with Crippen molar-refractivity contribution in [2.24, 2.45) is 0 Å². The van der Waals surface area contributed by atoms with E-state index in [1.165, 1.54) is 12.3 Å². The zero-order chi connectivity index (χ0) is 14.0. The van der Waals surface area contributed by atoms with Crippen LogP contribution in [0.4, 0.5) is 5.69 Å². The fourth-order valence-electron chi connectivity index (χ4n) is 1.51. The molecule has 2 aromatic rings. The van der Waals surface area contributed by atoms with Gasteiger partial charge in [-0.3, -0.25) is 0 Å². The van der Waals surface area contributed by atoms with Gasteiger partial charge >= 0.3 is 0 Å². The maximum atomic E-state index is 11.5. The standard InChI is InChI=1S/C12H11BrClNO2S2/c1-19(16,17)9-2-3-10(14)11(5-9)15-6-8-4-12(13)18-7-8/h2-5,7,15H,6H2,1H3. The molecule has 1 aromatic heterocycles. The first-order valence-electron chi connectivity index (χ1n) is 5.32. The van der Waals surface area contributed by atoms with Crippen LogP contribution >= 0.6 is 38.9 Å². The van der Waals surface area contributed by atoms with E-state index in [-0.39, 0.29) is 4.90 Å². The average Bonchev–Trinajstić information content (AvgIpc) is 2.72. The molecule has 0 saturated carbocycles. The van der Waals surface area contributed by atoms with Crippen LogP contribution < -0.4 is 5.32 Å². The Labute approximate surface area is 129 Å². The lowest BCUT2D eigenvalue weighted by atomic mass is 10.3. The second-order valence-electron chi connectivity index (χ2n) is 4.03. The number of rotatable bonds is 4. The zero-order valence-electron chi connectivity index (χ0n) is 9.98. The number of sulfone groups is 1. The molecule has 0 fully saturated rings. The van der Waals surface area contributed by atoms with Crippen molar-refractivity contribution in [3.8, 4) is 0 Å². The molecule has 1 aromatic carbocycles. The largest absolute Gasteiger partial charge is 0.380 e. The number of anilines is 1. The van der Waals surface area contributed by atoms with E-state index in [4.69, 9.17) is 11.6 Å². The van der Waals surface area contributed by atoms with E-state index in [2.05, 4.69) is 21.2 Å². The highest BCUT2D eigenvalue weighted by atomic mass is 79.9. The van der Waals surface area contributed by atoms with E-state index >= 15 is 0 Å². The second kappa shape index (κ2) is 5.83. The van der Waals surface area contributed by atoms with Crippen molar-refractivity contribution in [1.29, 1.82) is 0 Å². The summed E-state index contributed by atoms with van der Waals surface area (Å²) < 4.78 is 24.1. The van der Waals surface area contributed by atoms with Gasteiger partial charge in [0.25, 0.3) is 0 Å². The van der Waals surface area contributed by atoms with Crippen LogP contribution in [-0.2, 0) is 16.4 Å². The third-order valence-electron chi connectivity index (χ3n) is 2.47. The van der Waals surface area contributed by atoms with Gasteiger partial charge in [-0.2, -0.15) is 0 Å². The third-order valence-corrected chi connectivity index (χ3v) is 5.46. The van der Waals surface area contributed by atoms with Gasteiger partial charge in [-0.25, -0.2) is 8.42 Å². The Kier molecular flexibility index (Phi) is 4.55. The molecule has 0 unspecified atom stereocenters. The van der Waals surface area contributed by atoms with Gasteiger partial charge in [0.1, 0.15) is 0 Å². The monoisotopic (exact) mass is 379 g/mol. The van der Waals surface area contributed by atoms with Crippen LogP contribution in [0.3, 0.4) is 0 Å². The van der Waals surface area contributed by atoms with Crippen molar-refractivity contribution in [1.82, 2.24) is 0 Å². The quantitative estimate of drug-likeness (QED) is 0.865. The van der Waals surface area contributed by atoms with Gasteiger partial charge in [0, 0.05) is 12.8 Å². The minimum Gasteiger partial charge on any atom is -0.380 e. The Morgan fingerprint density at radius 2 is 2.11 bits per heavy atom. The molecule has 0 aliphatic carbocycles. The van der Waals surface area contributed by atoms with E-state index in [9.17, 15) is 8.42 Å². The molecular formula is C12H11BrClNO2S2. The molecule has 7 heteroatoms. The molecule has 3 nitrogen and oxygen atoms in total. The predicted octanol–water partition coefficient (Wildman–Crippen LogP) is 4.18. The SMILES string of the molecule is CS(=O)(=O)c1ccc(Cl)c(NCc2csc(Br)c2)c1. The van der Waals surface area contributed by atoms with Gasteiger partial charge in [-0.05, 0) is 51.1 Å². The first-order valence-corrected chi connectivity index (χ1v) is 9.27. The molecule has 0 bridgehead atoms. The highest BCUT2D eigenvalue weighted by molar-refractivity contribution is 9.11. The van der Waals surface area contributed by atoms with Crippen LogP contribution in [0.25, 0.3) is 0 Å². The maximum Gasteiger partial charge on any atom is 0.175 e. The van der Waals surface area contributed by atoms with Crippen molar-refractivity contribution in [3.63, 3.8) is 0 Å². The molecule has 2 rings (SSSR count). The Hall–Kier alpha value is -0.560. The molecule has 0 spiro atoms. The summed E-state index contributed by atoms with van der Waals surface area (Å²) in [6.07, 6.45) is 1.18. The molecule has 0 atom stereocenters. The summed E-state index contributed by atoms with van der Waals surface area (Å²) in [5.41, 5.74) is 1.73. The Morgan fingerprint density at radius 1 is 1.37 bits per heavy atom. The molecule has 0 radical (unpaired) electrons. The van der Waals surface area contributed by atoms with Crippen molar-refractivity contribution in [2.75, 3.05) is 11.6 Å². The van der Waals surface area contributed by atoms with Crippen LogP contribution in [-0.4, -0.2) is 14.7 Å². The predicted molar refractivity (Wildman–Crippen MR) is 83.9 cm³/mol. The molecule has 19 heavy (non-hydrogen) atoms. The molecule has 1 heterocycles. The van der Waals surface area contributed by atoms with Crippen LogP contribution in [0.1, 0.15) is 5.56 Å². The van der Waals surface area contributed by atoms with E-state index < -0.39 is 9.84 Å². The Bertz CT molecular complexity index is 698. The second-order valence-corrected chi connectivity index (χ2v) is 8.74. The van der Waals surface area contributed by atoms with Crippen LogP contribution in [0.2, 0.25) is 5.02 Å². The number of thiophene rings is 1. The summed E-state index contributed by atoms with van der Waals surface area (Å²) in [5.74, 6) is 0. The summed E-state index contributed by atoms with van der Waals surface area (Å²) in [6.45, 7) is 0.592. The summed E-state index contributed by atoms with van der Waals surface area (Å²) >= 11 is 11.0. The first kappa shape index (κ1) is 14.8. The van der Waals surface area contributed by atoms with E-state index in [0.29, 0.717) is 17.3 Å². The topological polar surface area (TPSA) is 46.2 Å². The lowest BCUT2D eigenvalue weighted by Gasteiger charge is -2.09. The van der Waals surface area contributed by atoms with E-state index in [1.54, 1.807) is 23.5 Å². The van der Waals surface area contributed by atoms with Crippen LogP contribution in [0.15, 0.2) is 38.3 Å². The highest BCUT2D eigenvalue weighted by Crippen LogP contribution is 2.27. The lowest BCUT2D eigenvalue weighted by Crippen LogP contribution is -2.02. The molecule has 0 aliphatic rings. The van der Waals surface area contributed by atoms with Gasteiger partial charge in [0.05, 0.1) is 19.4 Å². The first-order chi connectivity index (χ1) is 8.86. The summed E-state index contributed by atoms with van der Waals surface area (Å²) in [7, 11) is -3.22. The maximum absolute atomic E-state index is 11.5. The van der Waals surface area contributed by atoms with E-state index in [0.717, 1.165) is 9.35 Å². The molecule has 0 saturated heterocycles. The average molecular weight is 381 g/mol. The highest BCUT2D eigenvalue weighted by Gasteiger charge is 2.10. The summed E-state index contributed by atoms with van der Waals surface area (Å²) in [6, 6.07) is 6.65. The number of hydrogen-bond donors (Lipinski definition) is 1.